The standard InChI is InChI=1S/C7H9BrN2O/c8-6-2-5-10(7(6)11)4-1-3-9/h6H,1-2,4-5H2/t6-/m1/s1. The van der Waals surface area contributed by atoms with E-state index in [9.17, 15) is 4.79 Å². The molecule has 0 aromatic rings. The fourth-order valence-corrected chi connectivity index (χ4v) is 1.60. The first-order chi connectivity index (χ1) is 5.25. The van der Waals surface area contributed by atoms with Crippen LogP contribution in [0.3, 0.4) is 0 Å². The SMILES string of the molecule is N#CCCN1CC[C@@H](Br)C1=O. The fraction of sp³-hybridized carbons (Fsp3) is 0.714. The van der Waals surface area contributed by atoms with Crippen LogP contribution in [-0.4, -0.2) is 28.7 Å². The average molecular weight is 217 g/mol. The molecule has 0 saturated carbocycles. The monoisotopic (exact) mass is 216 g/mol. The molecule has 11 heavy (non-hydrogen) atoms. The van der Waals surface area contributed by atoms with Crippen molar-refractivity contribution in [3.8, 4) is 6.07 Å². The van der Waals surface area contributed by atoms with Gasteiger partial charge in [0.1, 0.15) is 0 Å². The van der Waals surface area contributed by atoms with E-state index in [0.717, 1.165) is 13.0 Å². The van der Waals surface area contributed by atoms with Crippen LogP contribution in [0.15, 0.2) is 0 Å². The summed E-state index contributed by atoms with van der Waals surface area (Å²) >= 11 is 3.26. The van der Waals surface area contributed by atoms with Crippen LogP contribution < -0.4 is 0 Å². The van der Waals surface area contributed by atoms with Gasteiger partial charge >= 0.3 is 0 Å². The molecule has 1 rings (SSSR count). The van der Waals surface area contributed by atoms with Gasteiger partial charge in [0.05, 0.1) is 17.3 Å². The lowest BCUT2D eigenvalue weighted by Crippen LogP contribution is -2.28. The summed E-state index contributed by atoms with van der Waals surface area (Å²) in [7, 11) is 0. The minimum atomic E-state index is -0.0128. The summed E-state index contributed by atoms with van der Waals surface area (Å²) in [5.74, 6) is 0.125. The Morgan fingerprint density at radius 2 is 2.55 bits per heavy atom. The number of hydrogen-bond acceptors (Lipinski definition) is 2. The van der Waals surface area contributed by atoms with Crippen molar-refractivity contribution in [3.05, 3.63) is 0 Å². The van der Waals surface area contributed by atoms with Crippen LogP contribution in [0.5, 0.6) is 0 Å². The summed E-state index contributed by atoms with van der Waals surface area (Å²) in [6.07, 6.45) is 1.30. The highest BCUT2D eigenvalue weighted by Gasteiger charge is 2.28. The molecule has 60 valence electrons. The molecule has 1 aliphatic heterocycles. The van der Waals surface area contributed by atoms with E-state index in [2.05, 4.69) is 15.9 Å². The number of rotatable bonds is 2. The van der Waals surface area contributed by atoms with E-state index >= 15 is 0 Å². The van der Waals surface area contributed by atoms with Crippen LogP contribution in [0.25, 0.3) is 0 Å². The number of carbonyl (C=O) groups is 1. The number of halogens is 1. The molecule has 1 saturated heterocycles. The first-order valence-corrected chi connectivity index (χ1v) is 4.47. The predicted octanol–water partition coefficient (Wildman–Crippen LogP) is 0.896. The number of nitriles is 1. The third-order valence-corrected chi connectivity index (χ3v) is 2.58. The van der Waals surface area contributed by atoms with Crippen LogP contribution >= 0.6 is 15.9 Å². The van der Waals surface area contributed by atoms with Crippen molar-refractivity contribution in [1.82, 2.24) is 4.90 Å². The number of hydrogen-bond donors (Lipinski definition) is 0. The quantitative estimate of drug-likeness (QED) is 0.645. The molecule has 1 fully saturated rings. The summed E-state index contributed by atoms with van der Waals surface area (Å²) < 4.78 is 0. The third-order valence-electron chi connectivity index (χ3n) is 1.73. The molecule has 1 atom stereocenters. The highest BCUT2D eigenvalue weighted by molar-refractivity contribution is 9.10. The number of likely N-dealkylation sites (tertiary alicyclic amines) is 1. The molecular weight excluding hydrogens is 208 g/mol. The van der Waals surface area contributed by atoms with Crippen molar-refractivity contribution in [1.29, 1.82) is 5.26 Å². The second-order valence-electron chi connectivity index (χ2n) is 2.49. The van der Waals surface area contributed by atoms with Crippen LogP contribution in [0.1, 0.15) is 12.8 Å². The lowest BCUT2D eigenvalue weighted by Gasteiger charge is -2.12. The Labute approximate surface area is 74.1 Å². The Morgan fingerprint density at radius 3 is 3.00 bits per heavy atom. The van der Waals surface area contributed by atoms with Crippen molar-refractivity contribution in [2.75, 3.05) is 13.1 Å². The Bertz CT molecular complexity index is 199. The average Bonchev–Trinajstić information content (AvgIpc) is 2.31. The van der Waals surface area contributed by atoms with E-state index in [1.807, 2.05) is 6.07 Å². The number of nitrogens with zero attached hydrogens (tertiary/aromatic N) is 2. The zero-order valence-corrected chi connectivity index (χ0v) is 7.67. The van der Waals surface area contributed by atoms with Gasteiger partial charge in [0.2, 0.25) is 5.91 Å². The second kappa shape index (κ2) is 3.72. The van der Waals surface area contributed by atoms with Crippen LogP contribution in [0.2, 0.25) is 0 Å². The number of amides is 1. The maximum Gasteiger partial charge on any atom is 0.236 e. The van der Waals surface area contributed by atoms with Gasteiger partial charge in [-0.25, -0.2) is 0 Å². The van der Waals surface area contributed by atoms with E-state index < -0.39 is 0 Å². The minimum absolute atomic E-state index is 0.0128. The molecule has 0 aromatic carbocycles. The molecule has 0 spiro atoms. The largest absolute Gasteiger partial charge is 0.341 e. The van der Waals surface area contributed by atoms with E-state index in [4.69, 9.17) is 5.26 Å². The van der Waals surface area contributed by atoms with Crippen molar-refractivity contribution >= 4 is 21.8 Å². The Balaban J connectivity index is 2.38. The van der Waals surface area contributed by atoms with Crippen LogP contribution in [-0.2, 0) is 4.79 Å². The molecule has 0 bridgehead atoms. The summed E-state index contributed by atoms with van der Waals surface area (Å²) in [4.78, 5) is 12.9. The second-order valence-corrected chi connectivity index (χ2v) is 3.59. The lowest BCUT2D eigenvalue weighted by atomic mass is 10.4. The van der Waals surface area contributed by atoms with Crippen molar-refractivity contribution < 1.29 is 4.79 Å². The zero-order valence-electron chi connectivity index (χ0n) is 6.09. The van der Waals surface area contributed by atoms with Gasteiger partial charge in [-0.1, -0.05) is 15.9 Å². The summed E-state index contributed by atoms with van der Waals surface area (Å²) in [6, 6.07) is 2.02. The minimum Gasteiger partial charge on any atom is -0.341 e. The topological polar surface area (TPSA) is 44.1 Å². The first kappa shape index (κ1) is 8.54. The van der Waals surface area contributed by atoms with E-state index in [0.29, 0.717) is 13.0 Å². The van der Waals surface area contributed by atoms with Crippen molar-refractivity contribution in [2.24, 2.45) is 0 Å². The van der Waals surface area contributed by atoms with Gasteiger partial charge in [0.15, 0.2) is 0 Å². The molecule has 1 heterocycles. The van der Waals surface area contributed by atoms with Crippen LogP contribution in [0, 0.1) is 11.3 Å². The molecule has 0 unspecified atom stereocenters. The van der Waals surface area contributed by atoms with Gasteiger partial charge in [-0.2, -0.15) is 5.26 Å². The highest BCUT2D eigenvalue weighted by atomic mass is 79.9. The van der Waals surface area contributed by atoms with Gasteiger partial charge in [0, 0.05) is 13.1 Å². The molecule has 1 aliphatic rings. The number of alkyl halides is 1. The lowest BCUT2D eigenvalue weighted by molar-refractivity contribution is -0.127. The van der Waals surface area contributed by atoms with Gasteiger partial charge in [-0.3, -0.25) is 4.79 Å². The van der Waals surface area contributed by atoms with E-state index in [1.54, 1.807) is 4.90 Å². The maximum absolute atomic E-state index is 11.2. The normalized spacial score (nSPS) is 23.8. The molecule has 0 aromatic heterocycles. The first-order valence-electron chi connectivity index (χ1n) is 3.55. The van der Waals surface area contributed by atoms with Gasteiger partial charge in [-0.05, 0) is 6.42 Å². The van der Waals surface area contributed by atoms with Crippen LogP contribution in [0.4, 0.5) is 0 Å². The Kier molecular flexibility index (Phi) is 2.89. The molecule has 3 nitrogen and oxygen atoms in total. The fourth-order valence-electron chi connectivity index (χ4n) is 1.11. The van der Waals surface area contributed by atoms with E-state index in [1.165, 1.54) is 0 Å². The predicted molar refractivity (Wildman–Crippen MR) is 44.1 cm³/mol. The van der Waals surface area contributed by atoms with Crippen molar-refractivity contribution in [3.63, 3.8) is 0 Å². The summed E-state index contributed by atoms with van der Waals surface area (Å²) in [6.45, 7) is 1.37. The number of carbonyl (C=O) groups excluding carboxylic acids is 1. The van der Waals surface area contributed by atoms with E-state index in [-0.39, 0.29) is 10.7 Å². The molecule has 1 amide bonds. The van der Waals surface area contributed by atoms with Gasteiger partial charge in [-0.15, -0.1) is 0 Å². The highest BCUT2D eigenvalue weighted by Crippen LogP contribution is 2.17. The molecule has 0 N–H and O–H groups in total. The molecule has 0 radical (unpaired) electrons. The molecular formula is C7H9BrN2O. The smallest absolute Gasteiger partial charge is 0.236 e. The summed E-state index contributed by atoms with van der Waals surface area (Å²) in [5, 5.41) is 8.28. The Morgan fingerprint density at radius 1 is 1.82 bits per heavy atom. The van der Waals surface area contributed by atoms with Crippen molar-refractivity contribution in [2.45, 2.75) is 17.7 Å². The van der Waals surface area contributed by atoms with Gasteiger partial charge in [0.25, 0.3) is 0 Å². The zero-order chi connectivity index (χ0) is 8.27. The van der Waals surface area contributed by atoms with Gasteiger partial charge < -0.3 is 4.90 Å². The Hall–Kier alpha value is -0.560. The molecule has 4 heteroatoms. The maximum atomic E-state index is 11.2. The third kappa shape index (κ3) is 1.93. The summed E-state index contributed by atoms with van der Waals surface area (Å²) in [5.41, 5.74) is 0. The molecule has 0 aliphatic carbocycles.